The highest BCUT2D eigenvalue weighted by Gasteiger charge is 2.21. The molecule has 0 radical (unpaired) electrons. The molecule has 0 fully saturated rings. The average molecular weight is 142 g/mol. The summed E-state index contributed by atoms with van der Waals surface area (Å²) in [4.78, 5) is 0. The molecule has 2 nitrogen and oxygen atoms in total. The van der Waals surface area contributed by atoms with Crippen LogP contribution in [0.3, 0.4) is 0 Å². The fraction of sp³-hybridized carbons (Fsp3) is 0.500. The van der Waals surface area contributed by atoms with Crippen molar-refractivity contribution in [2.24, 2.45) is 0 Å². The highest BCUT2D eigenvalue weighted by atomic mass is 16.3. The fourth-order valence-electron chi connectivity index (χ4n) is 0.750. The molecule has 0 saturated carbocycles. The number of aliphatic hydroxyl groups is 2. The quantitative estimate of drug-likeness (QED) is 0.559. The lowest BCUT2D eigenvalue weighted by Crippen LogP contribution is -2.31. The van der Waals surface area contributed by atoms with Crippen LogP contribution in [0.25, 0.3) is 0 Å². The minimum Gasteiger partial charge on any atom is -0.393 e. The van der Waals surface area contributed by atoms with E-state index in [9.17, 15) is 5.11 Å². The summed E-state index contributed by atoms with van der Waals surface area (Å²) in [6.45, 7) is 6.70. The number of aliphatic hydroxyl groups excluding tert-OH is 1. The van der Waals surface area contributed by atoms with Crippen LogP contribution in [0, 0.1) is 0 Å². The summed E-state index contributed by atoms with van der Waals surface area (Å²) in [5.74, 6) is 0. The van der Waals surface area contributed by atoms with Gasteiger partial charge in [-0.05, 0) is 12.8 Å². The number of rotatable bonds is 5. The standard InChI is InChI=1S/C8H14O2/c1-3-5-8(10,7-9)6-4-2/h3-4,9-10H,1-2,5-7H2. The molecule has 0 heterocycles. The van der Waals surface area contributed by atoms with E-state index in [1.807, 2.05) is 0 Å². The molecule has 0 amide bonds. The molecule has 0 spiro atoms. The maximum Gasteiger partial charge on any atom is 0.0945 e. The Balaban J connectivity index is 3.92. The van der Waals surface area contributed by atoms with Gasteiger partial charge in [-0.15, -0.1) is 13.2 Å². The molecular weight excluding hydrogens is 128 g/mol. The third-order valence-electron chi connectivity index (χ3n) is 1.34. The SMILES string of the molecule is C=CCC(O)(CO)CC=C. The molecule has 0 aromatic rings. The minimum atomic E-state index is -1.04. The molecule has 2 heteroatoms. The van der Waals surface area contributed by atoms with E-state index in [0.29, 0.717) is 12.8 Å². The van der Waals surface area contributed by atoms with Crippen LogP contribution >= 0.6 is 0 Å². The van der Waals surface area contributed by atoms with Gasteiger partial charge in [0, 0.05) is 0 Å². The molecule has 0 aliphatic rings. The molecule has 0 aromatic carbocycles. The molecular formula is C8H14O2. The topological polar surface area (TPSA) is 40.5 Å². The average Bonchev–Trinajstić information content (AvgIpc) is 1.89. The Morgan fingerprint density at radius 3 is 1.80 bits per heavy atom. The molecule has 0 saturated heterocycles. The third kappa shape index (κ3) is 2.80. The molecule has 0 atom stereocenters. The van der Waals surface area contributed by atoms with Crippen LogP contribution in [0.5, 0.6) is 0 Å². The zero-order chi connectivity index (χ0) is 8.04. The van der Waals surface area contributed by atoms with Crippen molar-refractivity contribution in [2.75, 3.05) is 6.61 Å². The molecule has 2 N–H and O–H groups in total. The van der Waals surface area contributed by atoms with E-state index < -0.39 is 5.60 Å². The van der Waals surface area contributed by atoms with Gasteiger partial charge in [-0.2, -0.15) is 0 Å². The predicted octanol–water partition coefficient (Wildman–Crippen LogP) is 0.862. The van der Waals surface area contributed by atoms with E-state index in [1.54, 1.807) is 12.2 Å². The van der Waals surface area contributed by atoms with Crippen LogP contribution in [0.2, 0.25) is 0 Å². The lowest BCUT2D eigenvalue weighted by atomic mass is 9.97. The first kappa shape index (κ1) is 9.40. The minimum absolute atomic E-state index is 0.245. The summed E-state index contributed by atoms with van der Waals surface area (Å²) in [6.07, 6.45) is 3.96. The summed E-state index contributed by atoms with van der Waals surface area (Å²) in [5.41, 5.74) is -1.04. The maximum atomic E-state index is 9.43. The summed E-state index contributed by atoms with van der Waals surface area (Å²) in [6, 6.07) is 0. The molecule has 0 aliphatic carbocycles. The van der Waals surface area contributed by atoms with Gasteiger partial charge >= 0.3 is 0 Å². The Kier molecular flexibility index (Phi) is 4.00. The molecule has 58 valence electrons. The van der Waals surface area contributed by atoms with E-state index in [0.717, 1.165) is 0 Å². The molecule has 0 rings (SSSR count). The van der Waals surface area contributed by atoms with Gasteiger partial charge in [-0.3, -0.25) is 0 Å². The zero-order valence-electron chi connectivity index (χ0n) is 6.08. The fourth-order valence-corrected chi connectivity index (χ4v) is 0.750. The summed E-state index contributed by atoms with van der Waals surface area (Å²) in [7, 11) is 0. The molecule has 0 bridgehead atoms. The Labute approximate surface area is 61.5 Å². The highest BCUT2D eigenvalue weighted by molar-refractivity contribution is 4.91. The second kappa shape index (κ2) is 4.25. The first-order chi connectivity index (χ1) is 4.68. The Morgan fingerprint density at radius 2 is 1.60 bits per heavy atom. The molecule has 0 unspecified atom stereocenters. The van der Waals surface area contributed by atoms with Crippen LogP contribution in [0.4, 0.5) is 0 Å². The van der Waals surface area contributed by atoms with Gasteiger partial charge in [0.05, 0.1) is 12.2 Å². The smallest absolute Gasteiger partial charge is 0.0945 e. The van der Waals surface area contributed by atoms with Crippen molar-refractivity contribution in [3.63, 3.8) is 0 Å². The maximum absolute atomic E-state index is 9.43. The first-order valence-electron chi connectivity index (χ1n) is 3.23. The summed E-state index contributed by atoms with van der Waals surface area (Å²) in [5, 5.41) is 18.1. The largest absolute Gasteiger partial charge is 0.393 e. The van der Waals surface area contributed by atoms with Crippen molar-refractivity contribution in [1.29, 1.82) is 0 Å². The summed E-state index contributed by atoms with van der Waals surface area (Å²) >= 11 is 0. The Bertz CT molecular complexity index is 108. The van der Waals surface area contributed by atoms with Gasteiger partial charge in [0.1, 0.15) is 0 Å². The molecule has 0 aromatic heterocycles. The van der Waals surface area contributed by atoms with Crippen LogP contribution < -0.4 is 0 Å². The highest BCUT2D eigenvalue weighted by Crippen LogP contribution is 2.14. The van der Waals surface area contributed by atoms with Gasteiger partial charge in [-0.25, -0.2) is 0 Å². The van der Waals surface area contributed by atoms with Gasteiger partial charge in [-0.1, -0.05) is 12.2 Å². The lowest BCUT2D eigenvalue weighted by molar-refractivity contribution is -0.00909. The predicted molar refractivity (Wildman–Crippen MR) is 41.7 cm³/mol. The van der Waals surface area contributed by atoms with Crippen molar-refractivity contribution in [3.8, 4) is 0 Å². The zero-order valence-corrected chi connectivity index (χ0v) is 6.08. The van der Waals surface area contributed by atoms with Crippen LogP contribution in [-0.4, -0.2) is 22.4 Å². The molecule has 10 heavy (non-hydrogen) atoms. The second-order valence-corrected chi connectivity index (χ2v) is 2.37. The summed E-state index contributed by atoms with van der Waals surface area (Å²) < 4.78 is 0. The van der Waals surface area contributed by atoms with Crippen molar-refractivity contribution < 1.29 is 10.2 Å². The first-order valence-corrected chi connectivity index (χ1v) is 3.23. The number of hydrogen-bond donors (Lipinski definition) is 2. The third-order valence-corrected chi connectivity index (χ3v) is 1.34. The molecule has 0 aliphatic heterocycles. The Morgan fingerprint density at radius 1 is 1.20 bits per heavy atom. The lowest BCUT2D eigenvalue weighted by Gasteiger charge is -2.21. The normalized spacial score (nSPS) is 11.0. The van der Waals surface area contributed by atoms with Crippen molar-refractivity contribution in [2.45, 2.75) is 18.4 Å². The van der Waals surface area contributed by atoms with Crippen LogP contribution in [0.15, 0.2) is 25.3 Å². The van der Waals surface area contributed by atoms with Crippen molar-refractivity contribution in [3.05, 3.63) is 25.3 Å². The monoisotopic (exact) mass is 142 g/mol. The van der Waals surface area contributed by atoms with E-state index in [1.165, 1.54) is 0 Å². The van der Waals surface area contributed by atoms with E-state index in [4.69, 9.17) is 5.11 Å². The van der Waals surface area contributed by atoms with Crippen LogP contribution in [0.1, 0.15) is 12.8 Å². The van der Waals surface area contributed by atoms with Gasteiger partial charge in [0.25, 0.3) is 0 Å². The van der Waals surface area contributed by atoms with Gasteiger partial charge in [0.15, 0.2) is 0 Å². The number of hydrogen-bond acceptors (Lipinski definition) is 2. The van der Waals surface area contributed by atoms with Gasteiger partial charge < -0.3 is 10.2 Å². The van der Waals surface area contributed by atoms with E-state index in [2.05, 4.69) is 13.2 Å². The second-order valence-electron chi connectivity index (χ2n) is 2.37. The van der Waals surface area contributed by atoms with Crippen LogP contribution in [-0.2, 0) is 0 Å². The van der Waals surface area contributed by atoms with Crippen molar-refractivity contribution >= 4 is 0 Å². The van der Waals surface area contributed by atoms with E-state index in [-0.39, 0.29) is 6.61 Å². The van der Waals surface area contributed by atoms with Gasteiger partial charge in [0.2, 0.25) is 0 Å². The Hall–Kier alpha value is -0.600. The van der Waals surface area contributed by atoms with E-state index >= 15 is 0 Å². The van der Waals surface area contributed by atoms with Crippen molar-refractivity contribution in [1.82, 2.24) is 0 Å².